The van der Waals surface area contributed by atoms with Gasteiger partial charge in [0.15, 0.2) is 6.61 Å². The van der Waals surface area contributed by atoms with Crippen molar-refractivity contribution < 1.29 is 22.7 Å². The van der Waals surface area contributed by atoms with Crippen LogP contribution < -0.4 is 10.5 Å². The Bertz CT molecular complexity index is 949. The largest absolute Gasteiger partial charge is 0.452 e. The summed E-state index contributed by atoms with van der Waals surface area (Å²) in [5, 5.41) is 10.4. The molecule has 1 amide bonds. The van der Waals surface area contributed by atoms with Gasteiger partial charge in [0, 0.05) is 11.5 Å². The predicted molar refractivity (Wildman–Crippen MR) is 101 cm³/mol. The molecule has 0 saturated carbocycles. The van der Waals surface area contributed by atoms with Crippen molar-refractivity contribution in [3.8, 4) is 0 Å². The molecule has 8 nitrogen and oxygen atoms in total. The van der Waals surface area contributed by atoms with E-state index in [1.165, 1.54) is 35.6 Å². The molecule has 0 aliphatic heterocycles. The van der Waals surface area contributed by atoms with Crippen LogP contribution in [0.15, 0.2) is 40.6 Å². The lowest BCUT2D eigenvalue weighted by molar-refractivity contribution is -0.144. The number of aromatic nitrogens is 1. The molecule has 27 heavy (non-hydrogen) atoms. The third kappa shape index (κ3) is 6.59. The first-order valence-electron chi connectivity index (χ1n) is 7.84. The molecule has 1 atom stereocenters. The molecule has 144 valence electrons. The number of sulfonamides is 1. The number of hydrogen-bond acceptors (Lipinski definition) is 7. The molecule has 0 aliphatic rings. The number of nitrogens with two attached hydrogens (primary N) is 1. The average molecular weight is 409 g/mol. The molecule has 0 radical (unpaired) electrons. The van der Waals surface area contributed by atoms with Crippen LogP contribution >= 0.6 is 11.3 Å². The van der Waals surface area contributed by atoms with Crippen molar-refractivity contribution in [2.24, 2.45) is 5.14 Å². The lowest BCUT2D eigenvalue weighted by Crippen LogP contribution is -2.30. The van der Waals surface area contributed by atoms with Gasteiger partial charge in [0.1, 0.15) is 0 Å². The molecule has 0 spiro atoms. The van der Waals surface area contributed by atoms with Crippen molar-refractivity contribution in [3.05, 3.63) is 52.0 Å². The Balaban J connectivity index is 1.82. The molecule has 10 heteroatoms. The third-order valence-electron chi connectivity index (χ3n) is 3.46. The number of thiazole rings is 1. The fourth-order valence-corrected chi connectivity index (χ4v) is 3.20. The molecule has 1 aromatic carbocycles. The Labute approximate surface area is 161 Å². The maximum Gasteiger partial charge on any atom is 0.331 e. The highest BCUT2D eigenvalue weighted by Crippen LogP contribution is 2.15. The molecule has 2 aromatic rings. The molecule has 0 fully saturated rings. The van der Waals surface area contributed by atoms with Gasteiger partial charge in [0.25, 0.3) is 5.91 Å². The van der Waals surface area contributed by atoms with Crippen molar-refractivity contribution in [2.75, 3.05) is 6.61 Å². The van der Waals surface area contributed by atoms with Gasteiger partial charge in [0.05, 0.1) is 21.6 Å². The maximum absolute atomic E-state index is 11.9. The Hall–Kier alpha value is -2.56. The van der Waals surface area contributed by atoms with Crippen LogP contribution in [0.2, 0.25) is 0 Å². The smallest absolute Gasteiger partial charge is 0.331 e. The van der Waals surface area contributed by atoms with Crippen molar-refractivity contribution in [1.29, 1.82) is 0 Å². The van der Waals surface area contributed by atoms with Crippen LogP contribution in [0.3, 0.4) is 0 Å². The van der Waals surface area contributed by atoms with E-state index < -0.39 is 34.5 Å². The summed E-state index contributed by atoms with van der Waals surface area (Å²) in [4.78, 5) is 27.7. The third-order valence-corrected chi connectivity index (χ3v) is 5.18. The van der Waals surface area contributed by atoms with Crippen LogP contribution in [0, 0.1) is 6.92 Å². The lowest BCUT2D eigenvalue weighted by Gasteiger charge is -2.14. The fourth-order valence-electron chi connectivity index (χ4n) is 2.11. The summed E-state index contributed by atoms with van der Waals surface area (Å²) in [6, 6.07) is 5.42. The number of benzene rings is 1. The maximum atomic E-state index is 11.9. The van der Waals surface area contributed by atoms with E-state index in [2.05, 4.69) is 10.3 Å². The Morgan fingerprint density at radius 2 is 2.00 bits per heavy atom. The highest BCUT2D eigenvalue weighted by molar-refractivity contribution is 7.89. The number of amides is 1. The second kappa shape index (κ2) is 8.89. The van der Waals surface area contributed by atoms with Crippen molar-refractivity contribution in [3.63, 3.8) is 0 Å². The molecule has 0 aliphatic carbocycles. The van der Waals surface area contributed by atoms with Crippen molar-refractivity contribution >= 4 is 39.3 Å². The van der Waals surface area contributed by atoms with E-state index in [4.69, 9.17) is 9.88 Å². The van der Waals surface area contributed by atoms with E-state index >= 15 is 0 Å². The number of aryl methyl sites for hydroxylation is 1. The van der Waals surface area contributed by atoms with E-state index in [1.54, 1.807) is 24.4 Å². The molecule has 0 bridgehead atoms. The van der Waals surface area contributed by atoms with Gasteiger partial charge in [-0.05, 0) is 37.6 Å². The van der Waals surface area contributed by atoms with Crippen LogP contribution in [0.5, 0.6) is 0 Å². The Morgan fingerprint density at radius 3 is 2.56 bits per heavy atom. The molecule has 2 rings (SSSR count). The van der Waals surface area contributed by atoms with Crippen LogP contribution in [0.4, 0.5) is 0 Å². The van der Waals surface area contributed by atoms with Crippen LogP contribution in [-0.4, -0.2) is 31.9 Å². The number of carbonyl (C=O) groups is 2. The lowest BCUT2D eigenvalue weighted by atomic mass is 10.1. The first-order valence-corrected chi connectivity index (χ1v) is 10.3. The van der Waals surface area contributed by atoms with E-state index in [-0.39, 0.29) is 4.90 Å². The summed E-state index contributed by atoms with van der Waals surface area (Å²) in [7, 11) is -3.77. The highest BCUT2D eigenvalue weighted by Gasteiger charge is 2.13. The number of carbonyl (C=O) groups excluding carboxylic acids is 2. The van der Waals surface area contributed by atoms with Gasteiger partial charge in [-0.15, -0.1) is 11.3 Å². The average Bonchev–Trinajstić information content (AvgIpc) is 3.03. The summed E-state index contributed by atoms with van der Waals surface area (Å²) >= 11 is 1.46. The number of nitrogens with zero attached hydrogens (tertiary/aromatic N) is 1. The minimum Gasteiger partial charge on any atom is -0.452 e. The Morgan fingerprint density at radius 1 is 1.33 bits per heavy atom. The van der Waals surface area contributed by atoms with Gasteiger partial charge in [-0.25, -0.2) is 23.3 Å². The number of nitrogens with one attached hydrogen (secondary N) is 1. The van der Waals surface area contributed by atoms with E-state index in [0.29, 0.717) is 11.3 Å². The van der Waals surface area contributed by atoms with Crippen LogP contribution in [0.25, 0.3) is 6.08 Å². The predicted octanol–water partition coefficient (Wildman–Crippen LogP) is 1.53. The number of esters is 1. The molecule has 3 N–H and O–H groups in total. The first-order chi connectivity index (χ1) is 12.6. The molecule has 1 unspecified atom stereocenters. The summed E-state index contributed by atoms with van der Waals surface area (Å²) < 4.78 is 27.3. The van der Waals surface area contributed by atoms with E-state index in [1.807, 2.05) is 6.92 Å². The zero-order valence-electron chi connectivity index (χ0n) is 14.7. The van der Waals surface area contributed by atoms with Gasteiger partial charge in [-0.2, -0.15) is 0 Å². The minimum absolute atomic E-state index is 0.0131. The summed E-state index contributed by atoms with van der Waals surface area (Å²) in [6.07, 6.45) is 2.72. The number of primary sulfonamides is 1. The van der Waals surface area contributed by atoms with Gasteiger partial charge >= 0.3 is 5.97 Å². The second-order valence-corrected chi connectivity index (χ2v) is 8.26. The highest BCUT2D eigenvalue weighted by atomic mass is 32.2. The van der Waals surface area contributed by atoms with Gasteiger partial charge in [-0.1, -0.05) is 12.1 Å². The van der Waals surface area contributed by atoms with Gasteiger partial charge < -0.3 is 10.1 Å². The molecular formula is C17H19N3O5S2. The van der Waals surface area contributed by atoms with Crippen LogP contribution in [0.1, 0.15) is 29.2 Å². The standard InChI is InChI=1S/C17H19N3O5S2/c1-11(13-3-6-15(7-4-13)27(18,23)24)19-16(21)9-25-17(22)8-5-14-10-26-12(2)20-14/h3-8,10-11H,9H2,1-2H3,(H,19,21)(H2,18,23,24)/b8-5+. The molecular weight excluding hydrogens is 390 g/mol. The summed E-state index contributed by atoms with van der Waals surface area (Å²) in [6.45, 7) is 3.14. The number of rotatable bonds is 7. The monoisotopic (exact) mass is 409 g/mol. The van der Waals surface area contributed by atoms with E-state index in [0.717, 1.165) is 5.01 Å². The topological polar surface area (TPSA) is 128 Å². The number of ether oxygens (including phenoxy) is 1. The molecule has 1 aromatic heterocycles. The zero-order chi connectivity index (χ0) is 20.0. The minimum atomic E-state index is -3.77. The van der Waals surface area contributed by atoms with Crippen molar-refractivity contribution in [1.82, 2.24) is 10.3 Å². The fraction of sp³-hybridized carbons (Fsp3) is 0.235. The van der Waals surface area contributed by atoms with Gasteiger partial charge in [-0.3, -0.25) is 4.79 Å². The first kappa shape index (κ1) is 20.7. The Kier molecular flexibility index (Phi) is 6.83. The van der Waals surface area contributed by atoms with Gasteiger partial charge in [0.2, 0.25) is 10.0 Å². The van der Waals surface area contributed by atoms with Crippen molar-refractivity contribution in [2.45, 2.75) is 24.8 Å². The molecule has 0 saturated heterocycles. The summed E-state index contributed by atoms with van der Waals surface area (Å²) in [5.74, 6) is -1.13. The quantitative estimate of drug-likeness (QED) is 0.527. The number of hydrogen-bond donors (Lipinski definition) is 2. The summed E-state index contributed by atoms with van der Waals surface area (Å²) in [5.41, 5.74) is 1.33. The normalized spacial score (nSPS) is 12.7. The van der Waals surface area contributed by atoms with E-state index in [9.17, 15) is 18.0 Å². The SMILES string of the molecule is Cc1nc(/C=C/C(=O)OCC(=O)NC(C)c2ccc(S(N)(=O)=O)cc2)cs1. The zero-order valence-corrected chi connectivity index (χ0v) is 16.3. The second-order valence-electron chi connectivity index (χ2n) is 5.64. The molecule has 1 heterocycles. The van der Waals surface area contributed by atoms with Crippen LogP contribution in [-0.2, 0) is 24.3 Å².